The van der Waals surface area contributed by atoms with E-state index in [1.165, 1.54) is 0 Å². The molecule has 0 aromatic heterocycles. The fraction of sp³-hybridized carbons (Fsp3) is 0. The Labute approximate surface area is 290 Å². The molecule has 7 aromatic rings. The fourth-order valence-electron chi connectivity index (χ4n) is 5.81. The van der Waals surface area contributed by atoms with Gasteiger partial charge in [-0.15, -0.1) is 0 Å². The van der Waals surface area contributed by atoms with Crippen LogP contribution < -0.4 is 20.9 Å². The predicted molar refractivity (Wildman–Crippen MR) is 199 cm³/mol. The summed E-state index contributed by atoms with van der Waals surface area (Å²) >= 11 is 0. The van der Waals surface area contributed by atoms with E-state index >= 15 is 0 Å². The lowest BCUT2D eigenvalue weighted by atomic mass is 9.90. The summed E-state index contributed by atoms with van der Waals surface area (Å²) in [5.74, 6) is 2.22. The van der Waals surface area contributed by atoms with E-state index in [0.29, 0.717) is 56.6 Å². The zero-order valence-electron chi connectivity index (χ0n) is 27.0. The van der Waals surface area contributed by atoms with Gasteiger partial charge in [-0.2, -0.15) is 0 Å². The molecule has 242 valence electrons. The molecule has 0 fully saturated rings. The number of hydrogen-bond donors (Lipinski definition) is 2. The number of nitrogen functional groups attached to an aromatic ring is 2. The topological polar surface area (TPSA) is 105 Å². The van der Waals surface area contributed by atoms with Gasteiger partial charge in [0.05, 0.1) is 0 Å². The lowest BCUT2D eigenvalue weighted by Gasteiger charge is -2.13. The molecule has 0 aliphatic heterocycles. The number of hydrogen-bond acceptors (Lipinski definition) is 6. The molecule has 0 saturated carbocycles. The Bertz CT molecular complexity index is 2170. The quantitative estimate of drug-likeness (QED) is 0.113. The molecule has 0 bridgehead atoms. The van der Waals surface area contributed by atoms with Crippen LogP contribution in [-0.4, -0.2) is 11.6 Å². The van der Waals surface area contributed by atoms with Crippen LogP contribution in [0.25, 0.3) is 22.3 Å². The van der Waals surface area contributed by atoms with Crippen molar-refractivity contribution < 1.29 is 19.1 Å². The molecule has 0 aliphatic rings. The number of ether oxygens (including phenoxy) is 2. The number of rotatable bonds is 10. The highest BCUT2D eigenvalue weighted by molar-refractivity contribution is 6.14. The minimum Gasteiger partial charge on any atom is -0.457 e. The van der Waals surface area contributed by atoms with Gasteiger partial charge < -0.3 is 20.9 Å². The van der Waals surface area contributed by atoms with Gasteiger partial charge in [-0.3, -0.25) is 9.59 Å². The Morgan fingerprint density at radius 2 is 0.780 bits per heavy atom. The fourth-order valence-corrected chi connectivity index (χ4v) is 5.81. The molecular formula is C44H32N2O4. The van der Waals surface area contributed by atoms with Crippen LogP contribution in [0.4, 0.5) is 11.4 Å². The summed E-state index contributed by atoms with van der Waals surface area (Å²) in [7, 11) is 0. The third kappa shape index (κ3) is 7.00. The van der Waals surface area contributed by atoms with E-state index in [4.69, 9.17) is 20.9 Å². The molecule has 4 N–H and O–H groups in total. The number of benzene rings is 7. The van der Waals surface area contributed by atoms with Crippen molar-refractivity contribution in [2.24, 2.45) is 0 Å². The highest BCUT2D eigenvalue weighted by Gasteiger charge is 2.18. The first-order chi connectivity index (χ1) is 24.4. The molecular weight excluding hydrogens is 620 g/mol. The SMILES string of the molecule is Nc1cccc(Oc2ccc(C(=O)c3ccccc3-c3cccc(-c4ccccc4C(=O)c4ccc(Oc5cccc(N)c5)cc4)c3)cc2)c1. The number of carbonyl (C=O) groups is 2. The normalized spacial score (nSPS) is 10.7. The molecule has 0 amide bonds. The summed E-state index contributed by atoms with van der Waals surface area (Å²) in [6.07, 6.45) is 0. The summed E-state index contributed by atoms with van der Waals surface area (Å²) < 4.78 is 11.8. The van der Waals surface area contributed by atoms with E-state index in [-0.39, 0.29) is 11.6 Å². The number of nitrogens with two attached hydrogens (primary N) is 2. The van der Waals surface area contributed by atoms with E-state index < -0.39 is 0 Å². The Morgan fingerprint density at radius 3 is 1.20 bits per heavy atom. The van der Waals surface area contributed by atoms with Gasteiger partial charge in [0.2, 0.25) is 0 Å². The van der Waals surface area contributed by atoms with Crippen LogP contribution in [0.2, 0.25) is 0 Å². The first-order valence-corrected chi connectivity index (χ1v) is 16.1. The summed E-state index contributed by atoms with van der Waals surface area (Å²) in [5.41, 5.74) is 18.5. The van der Waals surface area contributed by atoms with Gasteiger partial charge in [0, 0.05) is 45.8 Å². The van der Waals surface area contributed by atoms with Crippen molar-refractivity contribution in [1.82, 2.24) is 0 Å². The van der Waals surface area contributed by atoms with E-state index in [1.807, 2.05) is 97.1 Å². The Morgan fingerprint density at radius 1 is 0.380 bits per heavy atom. The van der Waals surface area contributed by atoms with Crippen LogP contribution in [0.1, 0.15) is 31.8 Å². The molecule has 0 radical (unpaired) electrons. The third-order valence-electron chi connectivity index (χ3n) is 8.25. The third-order valence-corrected chi connectivity index (χ3v) is 8.25. The van der Waals surface area contributed by atoms with Crippen molar-refractivity contribution in [3.05, 3.63) is 192 Å². The predicted octanol–water partition coefficient (Wildman–Crippen LogP) is 10.2. The van der Waals surface area contributed by atoms with Crippen LogP contribution in [0.5, 0.6) is 23.0 Å². The highest BCUT2D eigenvalue weighted by atomic mass is 16.5. The Balaban J connectivity index is 1.13. The van der Waals surface area contributed by atoms with Crippen molar-refractivity contribution in [3.8, 4) is 45.3 Å². The molecule has 0 aliphatic carbocycles. The van der Waals surface area contributed by atoms with Crippen LogP contribution in [0, 0.1) is 0 Å². The molecule has 7 rings (SSSR count). The molecule has 0 heterocycles. The van der Waals surface area contributed by atoms with Gasteiger partial charge in [0.25, 0.3) is 0 Å². The summed E-state index contributed by atoms with van der Waals surface area (Å²) in [6.45, 7) is 0. The monoisotopic (exact) mass is 652 g/mol. The maximum Gasteiger partial charge on any atom is 0.193 e. The van der Waals surface area contributed by atoms with Crippen LogP contribution >= 0.6 is 0 Å². The van der Waals surface area contributed by atoms with E-state index in [1.54, 1.807) is 72.8 Å². The van der Waals surface area contributed by atoms with Gasteiger partial charge in [-0.25, -0.2) is 0 Å². The second kappa shape index (κ2) is 14.1. The smallest absolute Gasteiger partial charge is 0.193 e. The van der Waals surface area contributed by atoms with Crippen molar-refractivity contribution >= 4 is 22.9 Å². The molecule has 0 atom stereocenters. The number of ketones is 2. The zero-order chi connectivity index (χ0) is 34.5. The standard InChI is InChI=1S/C44H32N2O4/c45-33-10-6-12-37(27-33)49-35-22-18-29(19-23-35)43(47)41-16-3-1-14-39(41)31-8-5-9-32(26-31)40-15-2-4-17-42(40)44(48)30-20-24-36(25-21-30)50-38-13-7-11-34(46)28-38/h1-28H,45-46H2. The van der Waals surface area contributed by atoms with Gasteiger partial charge >= 0.3 is 0 Å². The largest absolute Gasteiger partial charge is 0.457 e. The average Bonchev–Trinajstić information content (AvgIpc) is 3.15. The number of carbonyl (C=O) groups excluding carboxylic acids is 2. The van der Waals surface area contributed by atoms with E-state index in [9.17, 15) is 9.59 Å². The summed E-state index contributed by atoms with van der Waals surface area (Å²) in [6, 6.07) is 51.5. The van der Waals surface area contributed by atoms with Crippen molar-refractivity contribution in [3.63, 3.8) is 0 Å². The number of anilines is 2. The molecule has 6 nitrogen and oxygen atoms in total. The first kappa shape index (κ1) is 31.7. The molecule has 50 heavy (non-hydrogen) atoms. The summed E-state index contributed by atoms with van der Waals surface area (Å²) in [4.78, 5) is 27.7. The lowest BCUT2D eigenvalue weighted by molar-refractivity contribution is 0.103. The molecule has 0 saturated heterocycles. The van der Waals surface area contributed by atoms with Crippen LogP contribution in [-0.2, 0) is 0 Å². The second-order valence-corrected chi connectivity index (χ2v) is 11.7. The van der Waals surface area contributed by atoms with Gasteiger partial charge in [0.15, 0.2) is 11.6 Å². The highest BCUT2D eigenvalue weighted by Crippen LogP contribution is 2.33. The maximum absolute atomic E-state index is 13.8. The maximum atomic E-state index is 13.8. The van der Waals surface area contributed by atoms with Gasteiger partial charge in [0.1, 0.15) is 23.0 Å². The second-order valence-electron chi connectivity index (χ2n) is 11.7. The molecule has 0 spiro atoms. The van der Waals surface area contributed by atoms with Gasteiger partial charge in [-0.05, 0) is 101 Å². The average molecular weight is 653 g/mol. The minimum absolute atomic E-state index is 0.111. The van der Waals surface area contributed by atoms with Gasteiger partial charge in [-0.1, -0.05) is 78.9 Å². The molecule has 7 aromatic carbocycles. The first-order valence-electron chi connectivity index (χ1n) is 16.1. The van der Waals surface area contributed by atoms with Crippen LogP contribution in [0.15, 0.2) is 170 Å². The van der Waals surface area contributed by atoms with Crippen molar-refractivity contribution in [1.29, 1.82) is 0 Å². The molecule has 0 unspecified atom stereocenters. The lowest BCUT2D eigenvalue weighted by Crippen LogP contribution is -2.04. The summed E-state index contributed by atoms with van der Waals surface area (Å²) in [5, 5.41) is 0. The Kier molecular flexibility index (Phi) is 8.90. The van der Waals surface area contributed by atoms with Crippen molar-refractivity contribution in [2.75, 3.05) is 11.5 Å². The van der Waals surface area contributed by atoms with Crippen LogP contribution in [0.3, 0.4) is 0 Å². The molecule has 6 heteroatoms. The van der Waals surface area contributed by atoms with E-state index in [2.05, 4.69) is 0 Å². The zero-order valence-corrected chi connectivity index (χ0v) is 27.0. The van der Waals surface area contributed by atoms with Crippen molar-refractivity contribution in [2.45, 2.75) is 0 Å². The Hall–Kier alpha value is -6.92. The van der Waals surface area contributed by atoms with E-state index in [0.717, 1.165) is 22.3 Å². The minimum atomic E-state index is -0.111.